The molecule has 3 N–H and O–H groups in total. The van der Waals surface area contributed by atoms with Crippen molar-refractivity contribution in [1.29, 1.82) is 0 Å². The van der Waals surface area contributed by atoms with E-state index in [1.54, 1.807) is 6.92 Å². The molecular weight excluding hydrogens is 232 g/mol. The van der Waals surface area contributed by atoms with E-state index in [2.05, 4.69) is 0 Å². The van der Waals surface area contributed by atoms with Crippen LogP contribution < -0.4 is 0 Å². The van der Waals surface area contributed by atoms with Crippen LogP contribution >= 0.6 is 0 Å². The lowest BCUT2D eigenvalue weighted by Gasteiger charge is -2.40. The number of ether oxygens (including phenoxy) is 3. The van der Waals surface area contributed by atoms with Gasteiger partial charge in [0, 0.05) is 0 Å². The van der Waals surface area contributed by atoms with Gasteiger partial charge in [0.05, 0.1) is 19.1 Å². The Morgan fingerprint density at radius 2 is 2.00 bits per heavy atom. The third-order valence-corrected chi connectivity index (χ3v) is 2.91. The zero-order chi connectivity index (χ0) is 12.6. The van der Waals surface area contributed by atoms with Gasteiger partial charge in [0.15, 0.2) is 12.4 Å². The maximum absolute atomic E-state index is 11.4. The van der Waals surface area contributed by atoms with Crippen LogP contribution in [0.5, 0.6) is 0 Å². The minimum Gasteiger partial charge on any atom is -0.454 e. The first-order valence-electron chi connectivity index (χ1n) is 5.50. The van der Waals surface area contributed by atoms with E-state index >= 15 is 0 Å². The Bertz CT molecular complexity index is 294. The fourth-order valence-electron chi connectivity index (χ4n) is 2.00. The fourth-order valence-corrected chi connectivity index (χ4v) is 2.00. The SMILES string of the molecule is C[C@@H]1CC(=O)O[C@H]2[C@H](O1)O[C@H](CO)[C@@H](O)[C@@H]2O. The lowest BCUT2D eigenvalue weighted by Crippen LogP contribution is -2.60. The Balaban J connectivity index is 2.17. The van der Waals surface area contributed by atoms with Crippen molar-refractivity contribution in [3.63, 3.8) is 0 Å². The second kappa shape index (κ2) is 4.87. The van der Waals surface area contributed by atoms with Crippen molar-refractivity contribution < 1.29 is 34.3 Å². The second-order valence-electron chi connectivity index (χ2n) is 4.31. The lowest BCUT2D eigenvalue weighted by molar-refractivity contribution is -0.303. The molecule has 7 nitrogen and oxygen atoms in total. The zero-order valence-corrected chi connectivity index (χ0v) is 9.35. The van der Waals surface area contributed by atoms with Crippen molar-refractivity contribution in [3.8, 4) is 0 Å². The summed E-state index contributed by atoms with van der Waals surface area (Å²) in [6.45, 7) is 1.23. The highest BCUT2D eigenvalue weighted by Crippen LogP contribution is 2.28. The molecule has 2 rings (SSSR count). The summed E-state index contributed by atoms with van der Waals surface area (Å²) in [6.07, 6.45) is -5.97. The van der Waals surface area contributed by atoms with E-state index in [9.17, 15) is 15.0 Å². The van der Waals surface area contributed by atoms with Crippen LogP contribution in [0.25, 0.3) is 0 Å². The molecule has 0 aromatic heterocycles. The molecule has 0 spiro atoms. The molecular formula is C10H16O7. The Morgan fingerprint density at radius 3 is 2.65 bits per heavy atom. The highest BCUT2D eigenvalue weighted by Gasteiger charge is 2.48. The van der Waals surface area contributed by atoms with Crippen molar-refractivity contribution in [1.82, 2.24) is 0 Å². The Kier molecular flexibility index (Phi) is 3.64. The average Bonchev–Trinajstić information content (AvgIpc) is 2.41. The Labute approximate surface area is 97.9 Å². The number of carbonyl (C=O) groups excluding carboxylic acids is 1. The topological polar surface area (TPSA) is 105 Å². The number of aliphatic hydroxyl groups excluding tert-OH is 3. The molecule has 7 heteroatoms. The van der Waals surface area contributed by atoms with Gasteiger partial charge in [-0.05, 0) is 6.92 Å². The second-order valence-corrected chi connectivity index (χ2v) is 4.31. The minimum absolute atomic E-state index is 0.0585. The van der Waals surface area contributed by atoms with E-state index in [-0.39, 0.29) is 6.42 Å². The van der Waals surface area contributed by atoms with Gasteiger partial charge < -0.3 is 29.5 Å². The minimum atomic E-state index is -1.33. The third-order valence-electron chi connectivity index (χ3n) is 2.91. The highest BCUT2D eigenvalue weighted by atomic mass is 16.7. The smallest absolute Gasteiger partial charge is 0.308 e. The first-order chi connectivity index (χ1) is 8.02. The van der Waals surface area contributed by atoms with Gasteiger partial charge in [0.2, 0.25) is 0 Å². The number of esters is 1. The summed E-state index contributed by atoms with van der Waals surface area (Å²) < 4.78 is 15.6. The molecule has 2 heterocycles. The van der Waals surface area contributed by atoms with Crippen molar-refractivity contribution in [2.75, 3.05) is 6.61 Å². The van der Waals surface area contributed by atoms with E-state index in [4.69, 9.17) is 19.3 Å². The predicted molar refractivity (Wildman–Crippen MR) is 52.8 cm³/mol. The quantitative estimate of drug-likeness (QED) is 0.467. The number of hydrogen-bond donors (Lipinski definition) is 3. The van der Waals surface area contributed by atoms with Gasteiger partial charge in [-0.3, -0.25) is 4.79 Å². The molecule has 0 amide bonds. The summed E-state index contributed by atoms with van der Waals surface area (Å²) in [6, 6.07) is 0. The van der Waals surface area contributed by atoms with E-state index in [0.29, 0.717) is 0 Å². The summed E-state index contributed by atoms with van der Waals surface area (Å²) >= 11 is 0. The molecule has 0 bridgehead atoms. The molecule has 2 fully saturated rings. The summed E-state index contributed by atoms with van der Waals surface area (Å²) in [5.74, 6) is -0.512. The molecule has 2 saturated heterocycles. The Morgan fingerprint density at radius 1 is 1.29 bits per heavy atom. The van der Waals surface area contributed by atoms with E-state index in [0.717, 1.165) is 0 Å². The summed E-state index contributed by atoms with van der Waals surface area (Å²) in [4.78, 5) is 11.4. The zero-order valence-electron chi connectivity index (χ0n) is 9.35. The van der Waals surface area contributed by atoms with Crippen molar-refractivity contribution in [2.45, 2.75) is 50.2 Å². The van der Waals surface area contributed by atoms with Crippen LogP contribution in [0.1, 0.15) is 13.3 Å². The molecule has 0 saturated carbocycles. The molecule has 98 valence electrons. The maximum Gasteiger partial charge on any atom is 0.308 e. The standard InChI is InChI=1S/C10H16O7/c1-4-2-6(12)17-9-8(14)7(13)5(3-11)16-10(9)15-4/h4-5,7-11,13-14H,2-3H2,1H3/t4-,5-,7-,8+,9-,10-/m1/s1. The predicted octanol–water partition coefficient (Wildman–Crippen LogP) is -1.85. The van der Waals surface area contributed by atoms with Crippen molar-refractivity contribution in [2.24, 2.45) is 0 Å². The monoisotopic (exact) mass is 248 g/mol. The summed E-state index contributed by atoms with van der Waals surface area (Å²) in [5, 5.41) is 28.4. The van der Waals surface area contributed by atoms with Crippen LogP contribution in [0, 0.1) is 0 Å². The first-order valence-corrected chi connectivity index (χ1v) is 5.50. The van der Waals surface area contributed by atoms with Gasteiger partial charge in [0.1, 0.15) is 18.3 Å². The van der Waals surface area contributed by atoms with Gasteiger partial charge in [-0.1, -0.05) is 0 Å². The first kappa shape index (κ1) is 12.7. The van der Waals surface area contributed by atoms with E-state index < -0.39 is 49.4 Å². The molecule has 2 aliphatic rings. The van der Waals surface area contributed by atoms with Crippen LogP contribution in [0.2, 0.25) is 0 Å². The van der Waals surface area contributed by atoms with Crippen LogP contribution in [-0.4, -0.2) is 64.7 Å². The van der Waals surface area contributed by atoms with Crippen LogP contribution in [0.3, 0.4) is 0 Å². The number of hydrogen-bond acceptors (Lipinski definition) is 7. The van der Waals surface area contributed by atoms with Crippen LogP contribution in [0.4, 0.5) is 0 Å². The molecule has 0 aliphatic carbocycles. The normalized spacial score (nSPS) is 46.9. The lowest BCUT2D eigenvalue weighted by atomic mass is 9.99. The van der Waals surface area contributed by atoms with E-state index in [1.807, 2.05) is 0 Å². The summed E-state index contributed by atoms with van der Waals surface area (Å²) in [5.41, 5.74) is 0. The van der Waals surface area contributed by atoms with Crippen molar-refractivity contribution in [3.05, 3.63) is 0 Å². The van der Waals surface area contributed by atoms with E-state index in [1.165, 1.54) is 0 Å². The van der Waals surface area contributed by atoms with Gasteiger partial charge >= 0.3 is 5.97 Å². The number of aliphatic hydroxyl groups is 3. The summed E-state index contributed by atoms with van der Waals surface area (Å²) in [7, 11) is 0. The number of rotatable bonds is 1. The molecule has 0 unspecified atom stereocenters. The molecule has 0 aromatic carbocycles. The molecule has 2 aliphatic heterocycles. The number of carbonyl (C=O) groups is 1. The van der Waals surface area contributed by atoms with Crippen LogP contribution in [0.15, 0.2) is 0 Å². The number of fused-ring (bicyclic) bond motifs is 1. The Hall–Kier alpha value is -0.730. The van der Waals surface area contributed by atoms with Gasteiger partial charge in [-0.15, -0.1) is 0 Å². The highest BCUT2D eigenvalue weighted by molar-refractivity contribution is 5.70. The maximum atomic E-state index is 11.4. The third kappa shape index (κ3) is 2.43. The largest absolute Gasteiger partial charge is 0.454 e. The van der Waals surface area contributed by atoms with Gasteiger partial charge in [-0.2, -0.15) is 0 Å². The fraction of sp³-hybridized carbons (Fsp3) is 0.900. The van der Waals surface area contributed by atoms with Crippen LogP contribution in [-0.2, 0) is 19.0 Å². The average molecular weight is 248 g/mol. The molecule has 17 heavy (non-hydrogen) atoms. The molecule has 0 radical (unpaired) electrons. The molecule has 6 atom stereocenters. The van der Waals surface area contributed by atoms with Crippen molar-refractivity contribution >= 4 is 5.97 Å². The van der Waals surface area contributed by atoms with Gasteiger partial charge in [-0.25, -0.2) is 0 Å². The van der Waals surface area contributed by atoms with Gasteiger partial charge in [0.25, 0.3) is 0 Å². The molecule has 0 aromatic rings.